The van der Waals surface area contributed by atoms with E-state index in [-0.39, 0.29) is 42.1 Å². The van der Waals surface area contributed by atoms with Gasteiger partial charge in [-0.2, -0.15) is 0 Å². The summed E-state index contributed by atoms with van der Waals surface area (Å²) >= 11 is 0. The number of hydrogen-bond acceptors (Lipinski definition) is 3. The Bertz CT molecular complexity index is 446. The largest absolute Gasteiger partial charge is 0.353 e. The first-order valence-electron chi connectivity index (χ1n) is 9.95. The van der Waals surface area contributed by atoms with E-state index in [9.17, 15) is 9.59 Å². The zero-order chi connectivity index (χ0) is 16.9. The molecule has 2 unspecified atom stereocenters. The predicted molar refractivity (Wildman–Crippen MR) is 102 cm³/mol. The molecule has 1 heterocycles. The highest BCUT2D eigenvalue weighted by Crippen LogP contribution is 2.28. The molecule has 1 aliphatic heterocycles. The average molecular weight is 372 g/mol. The molecule has 0 spiro atoms. The van der Waals surface area contributed by atoms with Crippen LogP contribution < -0.4 is 16.0 Å². The van der Waals surface area contributed by atoms with Crippen LogP contribution in [-0.4, -0.2) is 37.0 Å². The SMILES string of the molecule is CC1CNCCC1NC(=O)C1CCC(NC(=O)C2CCCC2)CC1.Cl. The van der Waals surface area contributed by atoms with Crippen molar-refractivity contribution in [1.82, 2.24) is 16.0 Å². The van der Waals surface area contributed by atoms with Crippen molar-refractivity contribution in [2.45, 2.75) is 76.8 Å². The Labute approximate surface area is 157 Å². The Morgan fingerprint density at radius 1 is 0.840 bits per heavy atom. The molecule has 2 saturated carbocycles. The maximum atomic E-state index is 12.5. The van der Waals surface area contributed by atoms with Crippen LogP contribution in [0.5, 0.6) is 0 Å². The van der Waals surface area contributed by atoms with E-state index in [1.807, 2.05) is 0 Å². The quantitative estimate of drug-likeness (QED) is 0.710. The van der Waals surface area contributed by atoms with Gasteiger partial charge >= 0.3 is 0 Å². The Balaban J connectivity index is 0.00000225. The summed E-state index contributed by atoms with van der Waals surface area (Å²) in [6.45, 7) is 4.19. The van der Waals surface area contributed by atoms with E-state index >= 15 is 0 Å². The van der Waals surface area contributed by atoms with Gasteiger partial charge in [0.05, 0.1) is 0 Å². The van der Waals surface area contributed by atoms with Crippen molar-refractivity contribution >= 4 is 24.2 Å². The first-order chi connectivity index (χ1) is 11.6. The lowest BCUT2D eigenvalue weighted by Crippen LogP contribution is -2.50. The summed E-state index contributed by atoms with van der Waals surface area (Å²) in [5.74, 6) is 1.36. The van der Waals surface area contributed by atoms with E-state index in [1.54, 1.807) is 0 Å². The second-order valence-electron chi connectivity index (χ2n) is 8.12. The highest BCUT2D eigenvalue weighted by Gasteiger charge is 2.31. The van der Waals surface area contributed by atoms with Crippen LogP contribution in [0.15, 0.2) is 0 Å². The number of carbonyl (C=O) groups excluding carboxylic acids is 2. The summed E-state index contributed by atoms with van der Waals surface area (Å²) in [6.07, 6.45) is 9.22. The van der Waals surface area contributed by atoms with E-state index in [1.165, 1.54) is 12.8 Å². The molecule has 2 aliphatic carbocycles. The molecule has 0 aromatic rings. The number of nitrogens with one attached hydrogen (secondary N) is 3. The Hall–Kier alpha value is -0.810. The molecule has 2 atom stereocenters. The molecule has 5 nitrogen and oxygen atoms in total. The highest BCUT2D eigenvalue weighted by molar-refractivity contribution is 5.85. The fourth-order valence-electron chi connectivity index (χ4n) is 4.54. The Kier molecular flexibility index (Phi) is 8.01. The zero-order valence-corrected chi connectivity index (χ0v) is 16.2. The minimum Gasteiger partial charge on any atom is -0.353 e. The van der Waals surface area contributed by atoms with E-state index in [4.69, 9.17) is 0 Å². The van der Waals surface area contributed by atoms with Crippen molar-refractivity contribution in [2.24, 2.45) is 17.8 Å². The van der Waals surface area contributed by atoms with Crippen LogP contribution in [0.1, 0.15) is 64.7 Å². The molecule has 0 radical (unpaired) electrons. The molecule has 1 saturated heterocycles. The minimum absolute atomic E-state index is 0. The monoisotopic (exact) mass is 371 g/mol. The summed E-state index contributed by atoms with van der Waals surface area (Å²) in [7, 11) is 0. The smallest absolute Gasteiger partial charge is 0.223 e. The predicted octanol–water partition coefficient (Wildman–Crippen LogP) is 2.39. The van der Waals surface area contributed by atoms with Gasteiger partial charge in [0.15, 0.2) is 0 Å². The minimum atomic E-state index is 0. The molecule has 25 heavy (non-hydrogen) atoms. The van der Waals surface area contributed by atoms with Crippen molar-refractivity contribution in [2.75, 3.05) is 13.1 Å². The number of hydrogen-bond donors (Lipinski definition) is 3. The molecule has 6 heteroatoms. The second kappa shape index (κ2) is 9.77. The third-order valence-corrected chi connectivity index (χ3v) is 6.28. The fraction of sp³-hybridized carbons (Fsp3) is 0.895. The molecule has 144 valence electrons. The number of carbonyl (C=O) groups is 2. The Morgan fingerprint density at radius 2 is 1.44 bits per heavy atom. The molecule has 0 aromatic carbocycles. The van der Waals surface area contributed by atoms with E-state index in [0.717, 1.165) is 58.0 Å². The van der Waals surface area contributed by atoms with Crippen LogP contribution in [0.25, 0.3) is 0 Å². The summed E-state index contributed by atoms with van der Waals surface area (Å²) in [4.78, 5) is 24.8. The summed E-state index contributed by atoms with van der Waals surface area (Å²) in [5.41, 5.74) is 0. The molecular weight excluding hydrogens is 338 g/mol. The van der Waals surface area contributed by atoms with E-state index < -0.39 is 0 Å². The lowest BCUT2D eigenvalue weighted by Gasteiger charge is -2.33. The summed E-state index contributed by atoms with van der Waals surface area (Å²) in [5, 5.41) is 9.88. The molecule has 3 fully saturated rings. The van der Waals surface area contributed by atoms with Crippen LogP contribution in [-0.2, 0) is 9.59 Å². The normalized spacial score (nSPS) is 33.3. The Morgan fingerprint density at radius 3 is 2.08 bits per heavy atom. The van der Waals surface area contributed by atoms with Gasteiger partial charge in [0.25, 0.3) is 0 Å². The summed E-state index contributed by atoms with van der Waals surface area (Å²) in [6, 6.07) is 0.596. The molecule has 2 amide bonds. The van der Waals surface area contributed by atoms with E-state index in [2.05, 4.69) is 22.9 Å². The van der Waals surface area contributed by atoms with Crippen LogP contribution in [0.4, 0.5) is 0 Å². The first-order valence-corrected chi connectivity index (χ1v) is 9.95. The fourth-order valence-corrected chi connectivity index (χ4v) is 4.54. The van der Waals surface area contributed by atoms with Gasteiger partial charge in [-0.1, -0.05) is 19.8 Å². The number of amides is 2. The maximum Gasteiger partial charge on any atom is 0.223 e. The topological polar surface area (TPSA) is 70.2 Å². The van der Waals surface area contributed by atoms with Gasteiger partial charge in [-0.3, -0.25) is 9.59 Å². The van der Waals surface area contributed by atoms with Crippen molar-refractivity contribution in [3.8, 4) is 0 Å². The maximum absolute atomic E-state index is 12.5. The number of halogens is 1. The summed E-state index contributed by atoms with van der Waals surface area (Å²) < 4.78 is 0. The third-order valence-electron chi connectivity index (χ3n) is 6.28. The molecule has 0 bridgehead atoms. The standard InChI is InChI=1S/C19H33N3O2.ClH/c1-13-12-20-11-10-17(13)22-19(24)15-6-8-16(9-7-15)21-18(23)14-4-2-3-5-14;/h13-17,20H,2-12H2,1H3,(H,21,23)(H,22,24);1H. The molecule has 0 aromatic heterocycles. The van der Waals surface area contributed by atoms with Gasteiger partial charge in [-0.25, -0.2) is 0 Å². The van der Waals surface area contributed by atoms with Crippen LogP contribution >= 0.6 is 12.4 Å². The van der Waals surface area contributed by atoms with Gasteiger partial charge in [-0.15, -0.1) is 12.4 Å². The van der Waals surface area contributed by atoms with Crippen molar-refractivity contribution < 1.29 is 9.59 Å². The van der Waals surface area contributed by atoms with Gasteiger partial charge in [-0.05, 0) is 64.0 Å². The van der Waals surface area contributed by atoms with Crippen LogP contribution in [0.3, 0.4) is 0 Å². The average Bonchev–Trinajstić information content (AvgIpc) is 3.12. The van der Waals surface area contributed by atoms with Crippen LogP contribution in [0, 0.1) is 17.8 Å². The lowest BCUT2D eigenvalue weighted by molar-refractivity contribution is -0.127. The van der Waals surface area contributed by atoms with Crippen molar-refractivity contribution in [3.63, 3.8) is 0 Å². The molecule has 3 aliphatic rings. The van der Waals surface area contributed by atoms with E-state index in [0.29, 0.717) is 12.0 Å². The molecule has 3 rings (SSSR count). The number of rotatable bonds is 4. The molecular formula is C19H34ClN3O2. The highest BCUT2D eigenvalue weighted by atomic mass is 35.5. The zero-order valence-electron chi connectivity index (χ0n) is 15.4. The third kappa shape index (κ3) is 5.58. The van der Waals surface area contributed by atoms with Gasteiger partial charge < -0.3 is 16.0 Å². The second-order valence-corrected chi connectivity index (χ2v) is 8.12. The van der Waals surface area contributed by atoms with Gasteiger partial charge in [0.2, 0.25) is 11.8 Å². The van der Waals surface area contributed by atoms with Gasteiger partial charge in [0, 0.05) is 23.9 Å². The lowest BCUT2D eigenvalue weighted by atomic mass is 9.84. The first kappa shape index (κ1) is 20.5. The van der Waals surface area contributed by atoms with Crippen molar-refractivity contribution in [1.29, 1.82) is 0 Å². The molecule has 3 N–H and O–H groups in total. The number of piperidine rings is 1. The van der Waals surface area contributed by atoms with Crippen molar-refractivity contribution in [3.05, 3.63) is 0 Å². The van der Waals surface area contributed by atoms with Crippen LogP contribution in [0.2, 0.25) is 0 Å². The van der Waals surface area contributed by atoms with Gasteiger partial charge in [0.1, 0.15) is 0 Å².